The van der Waals surface area contributed by atoms with Gasteiger partial charge in [0.15, 0.2) is 0 Å². The van der Waals surface area contributed by atoms with Crippen LogP contribution in [-0.4, -0.2) is 28.5 Å². The lowest BCUT2D eigenvalue weighted by molar-refractivity contribution is -0.137. The Morgan fingerprint density at radius 3 is 2.57 bits per heavy atom. The highest BCUT2D eigenvalue weighted by Crippen LogP contribution is 2.40. The van der Waals surface area contributed by atoms with Crippen molar-refractivity contribution in [2.24, 2.45) is 11.7 Å². The quantitative estimate of drug-likeness (QED) is 0.907. The predicted molar refractivity (Wildman–Crippen MR) is 80.9 cm³/mol. The maximum Gasteiger partial charge on any atom is 0.240 e. The van der Waals surface area contributed by atoms with E-state index in [1.165, 1.54) is 23.9 Å². The highest BCUT2D eigenvalue weighted by Gasteiger charge is 2.40. The number of benzene rings is 1. The second-order valence-corrected chi connectivity index (χ2v) is 6.63. The van der Waals surface area contributed by atoms with Crippen LogP contribution >= 0.6 is 11.8 Å². The number of nitrogens with zero attached hydrogens (tertiary/aromatic N) is 1. The second kappa shape index (κ2) is 6.47. The minimum atomic E-state index is -0.623. The number of nitrogens with two attached hydrogens (primary N) is 1. The van der Waals surface area contributed by atoms with Crippen LogP contribution in [-0.2, 0) is 9.59 Å². The van der Waals surface area contributed by atoms with Gasteiger partial charge in [0, 0.05) is 0 Å². The number of carbonyl (C=O) groups excluding carboxylic acids is 2. The molecule has 1 aromatic rings. The maximum atomic E-state index is 13.0. The number of primary amides is 1. The van der Waals surface area contributed by atoms with Crippen molar-refractivity contribution in [3.8, 4) is 0 Å². The summed E-state index contributed by atoms with van der Waals surface area (Å²) in [6.45, 7) is 3.97. The smallest absolute Gasteiger partial charge is 0.240 e. The molecule has 6 heteroatoms. The molecule has 0 saturated carbocycles. The van der Waals surface area contributed by atoms with E-state index in [4.69, 9.17) is 5.73 Å². The summed E-state index contributed by atoms with van der Waals surface area (Å²) in [5.41, 5.74) is 6.30. The lowest BCUT2D eigenvalue weighted by Crippen LogP contribution is -2.47. The van der Waals surface area contributed by atoms with Gasteiger partial charge < -0.3 is 10.6 Å². The van der Waals surface area contributed by atoms with Crippen LogP contribution in [0.2, 0.25) is 0 Å². The van der Waals surface area contributed by atoms with Crippen LogP contribution in [0, 0.1) is 11.7 Å². The van der Waals surface area contributed by atoms with E-state index in [9.17, 15) is 14.0 Å². The lowest BCUT2D eigenvalue weighted by atomic mass is 10.0. The molecular weight excluding hydrogens is 291 g/mol. The average molecular weight is 310 g/mol. The third-order valence-corrected chi connectivity index (χ3v) is 4.65. The molecule has 0 bridgehead atoms. The molecule has 2 atom stereocenters. The SMILES string of the molecule is CC(C)C[C@@H](C(N)=O)N1C(=O)CS[C@@H]1c1ccc(F)cc1. The van der Waals surface area contributed by atoms with Crippen LogP contribution in [0.25, 0.3) is 0 Å². The molecule has 0 radical (unpaired) electrons. The van der Waals surface area contributed by atoms with Crippen LogP contribution in [0.3, 0.4) is 0 Å². The molecule has 1 aliphatic rings. The van der Waals surface area contributed by atoms with E-state index in [1.54, 1.807) is 17.0 Å². The van der Waals surface area contributed by atoms with Gasteiger partial charge in [0.1, 0.15) is 17.2 Å². The minimum Gasteiger partial charge on any atom is -0.368 e. The first kappa shape index (κ1) is 15.8. The summed E-state index contributed by atoms with van der Waals surface area (Å²) in [5.74, 6) is -0.363. The Kier molecular flexibility index (Phi) is 4.88. The molecule has 1 saturated heterocycles. The molecule has 0 unspecified atom stereocenters. The molecule has 0 spiro atoms. The van der Waals surface area contributed by atoms with Crippen molar-refractivity contribution >= 4 is 23.6 Å². The number of hydrogen-bond acceptors (Lipinski definition) is 3. The zero-order chi connectivity index (χ0) is 15.6. The Morgan fingerprint density at radius 1 is 1.43 bits per heavy atom. The van der Waals surface area contributed by atoms with Crippen molar-refractivity contribution in [3.63, 3.8) is 0 Å². The fraction of sp³-hybridized carbons (Fsp3) is 0.467. The molecule has 1 heterocycles. The Bertz CT molecular complexity index is 533. The first-order chi connectivity index (χ1) is 9.90. The summed E-state index contributed by atoms with van der Waals surface area (Å²) >= 11 is 1.44. The number of hydrogen-bond donors (Lipinski definition) is 1. The lowest BCUT2D eigenvalue weighted by Gasteiger charge is -2.31. The van der Waals surface area contributed by atoms with Gasteiger partial charge in [-0.25, -0.2) is 4.39 Å². The van der Waals surface area contributed by atoms with Crippen molar-refractivity contribution in [2.75, 3.05) is 5.75 Å². The topological polar surface area (TPSA) is 63.4 Å². The Morgan fingerprint density at radius 2 is 2.05 bits per heavy atom. The van der Waals surface area contributed by atoms with E-state index in [-0.39, 0.29) is 23.0 Å². The van der Waals surface area contributed by atoms with Gasteiger partial charge in [-0.15, -0.1) is 11.8 Å². The van der Waals surface area contributed by atoms with Crippen LogP contribution in [0.4, 0.5) is 4.39 Å². The molecule has 2 amide bonds. The van der Waals surface area contributed by atoms with E-state index in [2.05, 4.69) is 0 Å². The van der Waals surface area contributed by atoms with E-state index in [1.807, 2.05) is 13.8 Å². The first-order valence-corrected chi connectivity index (χ1v) is 7.92. The molecule has 1 aliphatic heterocycles. The van der Waals surface area contributed by atoms with Crippen LogP contribution in [0.15, 0.2) is 24.3 Å². The summed E-state index contributed by atoms with van der Waals surface area (Å²) in [6.07, 6.45) is 0.527. The maximum absolute atomic E-state index is 13.0. The van der Waals surface area contributed by atoms with Crippen molar-refractivity contribution in [1.29, 1.82) is 0 Å². The van der Waals surface area contributed by atoms with Crippen LogP contribution < -0.4 is 5.73 Å². The highest BCUT2D eigenvalue weighted by molar-refractivity contribution is 8.00. The first-order valence-electron chi connectivity index (χ1n) is 6.87. The second-order valence-electron chi connectivity index (χ2n) is 5.56. The molecule has 4 nitrogen and oxygen atoms in total. The van der Waals surface area contributed by atoms with Gasteiger partial charge in [-0.3, -0.25) is 9.59 Å². The van der Waals surface area contributed by atoms with E-state index in [0.29, 0.717) is 12.2 Å². The number of halogens is 1. The molecule has 2 rings (SSSR count). The van der Waals surface area contributed by atoms with Gasteiger partial charge in [0.05, 0.1) is 5.75 Å². The predicted octanol–water partition coefficient (Wildman–Crippen LogP) is 2.30. The number of amides is 2. The number of rotatable bonds is 5. The van der Waals surface area contributed by atoms with Crippen molar-refractivity contribution in [3.05, 3.63) is 35.6 Å². The normalized spacial score (nSPS) is 20.1. The van der Waals surface area contributed by atoms with E-state index < -0.39 is 11.9 Å². The Labute approximate surface area is 127 Å². The Balaban J connectivity index is 2.30. The van der Waals surface area contributed by atoms with E-state index in [0.717, 1.165) is 5.56 Å². The molecule has 1 fully saturated rings. The molecule has 114 valence electrons. The third-order valence-electron chi connectivity index (χ3n) is 3.42. The highest BCUT2D eigenvalue weighted by atomic mass is 32.2. The minimum absolute atomic E-state index is 0.0984. The van der Waals surface area contributed by atoms with Crippen LogP contribution in [0.5, 0.6) is 0 Å². The number of thioether (sulfide) groups is 1. The van der Waals surface area contributed by atoms with Crippen LogP contribution in [0.1, 0.15) is 31.2 Å². The largest absolute Gasteiger partial charge is 0.368 e. The van der Waals surface area contributed by atoms with Crippen molar-refractivity contribution in [2.45, 2.75) is 31.7 Å². The number of carbonyl (C=O) groups is 2. The van der Waals surface area contributed by atoms with Gasteiger partial charge in [-0.2, -0.15) is 0 Å². The monoisotopic (exact) mass is 310 g/mol. The molecule has 21 heavy (non-hydrogen) atoms. The zero-order valence-electron chi connectivity index (χ0n) is 12.1. The summed E-state index contributed by atoms with van der Waals surface area (Å²) in [7, 11) is 0. The summed E-state index contributed by atoms with van der Waals surface area (Å²) in [5, 5.41) is -0.283. The van der Waals surface area contributed by atoms with Gasteiger partial charge >= 0.3 is 0 Å². The molecule has 0 aliphatic carbocycles. The zero-order valence-corrected chi connectivity index (χ0v) is 12.9. The third kappa shape index (κ3) is 3.56. The summed E-state index contributed by atoms with van der Waals surface area (Å²) < 4.78 is 13.0. The van der Waals surface area contributed by atoms with Crippen molar-refractivity contribution in [1.82, 2.24) is 4.90 Å². The average Bonchev–Trinajstić information content (AvgIpc) is 2.78. The van der Waals surface area contributed by atoms with Gasteiger partial charge in [-0.05, 0) is 30.0 Å². The molecular formula is C15H19FN2O2S. The van der Waals surface area contributed by atoms with Crippen molar-refractivity contribution < 1.29 is 14.0 Å². The molecule has 2 N–H and O–H groups in total. The van der Waals surface area contributed by atoms with Gasteiger partial charge in [0.2, 0.25) is 11.8 Å². The van der Waals surface area contributed by atoms with E-state index >= 15 is 0 Å². The van der Waals surface area contributed by atoms with Gasteiger partial charge in [-0.1, -0.05) is 26.0 Å². The Hall–Kier alpha value is -1.56. The van der Waals surface area contributed by atoms with Gasteiger partial charge in [0.25, 0.3) is 0 Å². The molecule has 1 aromatic carbocycles. The summed E-state index contributed by atoms with van der Waals surface area (Å²) in [4.78, 5) is 25.5. The standard InChI is InChI=1S/C15H19FN2O2S/c1-9(2)7-12(14(17)20)18-13(19)8-21-15(18)10-3-5-11(16)6-4-10/h3-6,9,12,15H,7-8H2,1-2H3,(H2,17,20)/t12-,15+/m0/s1. The summed E-state index contributed by atoms with van der Waals surface area (Å²) in [6, 6.07) is 5.39. The fourth-order valence-corrected chi connectivity index (χ4v) is 3.69. The fourth-order valence-electron chi connectivity index (χ4n) is 2.47. The molecule has 0 aromatic heterocycles.